The Kier molecular flexibility index (Phi) is 4.27. The van der Waals surface area contributed by atoms with Crippen LogP contribution in [0.25, 0.3) is 10.9 Å². The second-order valence-electron chi connectivity index (χ2n) is 6.45. The van der Waals surface area contributed by atoms with Crippen LogP contribution in [0.5, 0.6) is 0 Å². The van der Waals surface area contributed by atoms with E-state index < -0.39 is 12.7 Å². The number of rotatable bonds is 3. The maximum absolute atomic E-state index is 12.8. The van der Waals surface area contributed by atoms with Gasteiger partial charge < -0.3 is 14.8 Å². The number of fused-ring (bicyclic) bond motifs is 1. The highest BCUT2D eigenvalue weighted by Gasteiger charge is 2.29. The molecule has 1 aromatic heterocycles. The molecule has 0 aliphatic carbocycles. The van der Waals surface area contributed by atoms with Gasteiger partial charge in [-0.25, -0.2) is 0 Å². The van der Waals surface area contributed by atoms with Crippen LogP contribution in [0.3, 0.4) is 0 Å². The average molecular weight is 325 g/mol. The quantitative estimate of drug-likeness (QED) is 0.920. The number of aryl methyl sites for hydroxylation is 1. The van der Waals surface area contributed by atoms with Gasteiger partial charge in [0.1, 0.15) is 6.54 Å². The number of hydrogen-bond donors (Lipinski definition) is 1. The number of likely N-dealkylation sites (tertiary alicyclic amines) is 1. The van der Waals surface area contributed by atoms with E-state index in [9.17, 15) is 13.2 Å². The van der Waals surface area contributed by atoms with E-state index in [4.69, 9.17) is 0 Å². The zero-order valence-electron chi connectivity index (χ0n) is 13.5. The normalized spacial score (nSPS) is 17.8. The summed E-state index contributed by atoms with van der Waals surface area (Å²) in [4.78, 5) is 2.29. The van der Waals surface area contributed by atoms with Gasteiger partial charge in [-0.3, -0.25) is 0 Å². The van der Waals surface area contributed by atoms with Crippen LogP contribution >= 0.6 is 0 Å². The van der Waals surface area contributed by atoms with E-state index in [0.717, 1.165) is 37.0 Å². The number of halogens is 3. The Balaban J connectivity index is 1.89. The SMILES string of the molecule is Cc1cc2c(NC3CCN(C)CC3)cccc2n1CC(F)(F)F. The number of anilines is 1. The molecule has 0 spiro atoms. The van der Waals surface area contributed by atoms with E-state index in [-0.39, 0.29) is 0 Å². The lowest BCUT2D eigenvalue weighted by Crippen LogP contribution is -2.36. The van der Waals surface area contributed by atoms with Gasteiger partial charge in [0.25, 0.3) is 0 Å². The van der Waals surface area contributed by atoms with Gasteiger partial charge in [0.2, 0.25) is 0 Å². The van der Waals surface area contributed by atoms with Crippen molar-refractivity contribution < 1.29 is 13.2 Å². The Morgan fingerprint density at radius 1 is 1.22 bits per heavy atom. The molecular weight excluding hydrogens is 303 g/mol. The minimum Gasteiger partial charge on any atom is -0.382 e. The zero-order chi connectivity index (χ0) is 16.6. The first kappa shape index (κ1) is 16.2. The Labute approximate surface area is 134 Å². The van der Waals surface area contributed by atoms with Crippen molar-refractivity contribution in [3.8, 4) is 0 Å². The smallest absolute Gasteiger partial charge is 0.382 e. The van der Waals surface area contributed by atoms with Crippen LogP contribution < -0.4 is 5.32 Å². The van der Waals surface area contributed by atoms with Gasteiger partial charge in [0.15, 0.2) is 0 Å². The molecule has 126 valence electrons. The largest absolute Gasteiger partial charge is 0.406 e. The molecule has 0 saturated carbocycles. The Bertz CT molecular complexity index is 682. The highest BCUT2D eigenvalue weighted by molar-refractivity contribution is 5.93. The number of alkyl halides is 3. The third-order valence-electron chi connectivity index (χ3n) is 4.57. The zero-order valence-corrected chi connectivity index (χ0v) is 13.5. The van der Waals surface area contributed by atoms with Crippen molar-refractivity contribution in [2.24, 2.45) is 0 Å². The van der Waals surface area contributed by atoms with Crippen molar-refractivity contribution in [3.05, 3.63) is 30.0 Å². The van der Waals surface area contributed by atoms with E-state index in [0.29, 0.717) is 17.3 Å². The summed E-state index contributed by atoms with van der Waals surface area (Å²) in [6.45, 7) is 2.87. The predicted octanol–water partition coefficient (Wildman–Crippen LogP) is 4.02. The number of hydrogen-bond acceptors (Lipinski definition) is 2. The molecule has 6 heteroatoms. The Morgan fingerprint density at radius 3 is 2.57 bits per heavy atom. The molecular formula is C17H22F3N3. The van der Waals surface area contributed by atoms with Crippen molar-refractivity contribution in [1.82, 2.24) is 9.47 Å². The Hall–Kier alpha value is -1.69. The maximum atomic E-state index is 12.8. The molecule has 2 heterocycles. The summed E-state index contributed by atoms with van der Waals surface area (Å²) in [7, 11) is 2.11. The molecule has 0 atom stereocenters. The van der Waals surface area contributed by atoms with Gasteiger partial charge >= 0.3 is 6.18 Å². The molecule has 1 saturated heterocycles. The van der Waals surface area contributed by atoms with Crippen LogP contribution in [0.1, 0.15) is 18.5 Å². The van der Waals surface area contributed by atoms with Gasteiger partial charge in [-0.1, -0.05) is 6.07 Å². The van der Waals surface area contributed by atoms with Crippen LogP contribution in [0.4, 0.5) is 18.9 Å². The molecule has 1 fully saturated rings. The number of nitrogens with zero attached hydrogens (tertiary/aromatic N) is 2. The van der Waals surface area contributed by atoms with Crippen LogP contribution in [0.2, 0.25) is 0 Å². The summed E-state index contributed by atoms with van der Waals surface area (Å²) in [5.41, 5.74) is 2.20. The fraction of sp³-hybridized carbons (Fsp3) is 0.529. The van der Waals surface area contributed by atoms with Crippen molar-refractivity contribution in [2.75, 3.05) is 25.5 Å². The third kappa shape index (κ3) is 3.63. The highest BCUT2D eigenvalue weighted by atomic mass is 19.4. The first-order valence-corrected chi connectivity index (χ1v) is 7.94. The van der Waals surface area contributed by atoms with Gasteiger partial charge in [-0.2, -0.15) is 13.2 Å². The topological polar surface area (TPSA) is 20.2 Å². The number of aromatic nitrogens is 1. The Morgan fingerprint density at radius 2 is 1.91 bits per heavy atom. The lowest BCUT2D eigenvalue weighted by molar-refractivity contribution is -0.140. The minimum absolute atomic E-state index is 0.378. The lowest BCUT2D eigenvalue weighted by atomic mass is 10.0. The third-order valence-corrected chi connectivity index (χ3v) is 4.57. The van der Waals surface area contributed by atoms with Crippen molar-refractivity contribution in [2.45, 2.75) is 38.5 Å². The second kappa shape index (κ2) is 6.07. The molecule has 1 aliphatic heterocycles. The monoisotopic (exact) mass is 325 g/mol. The first-order chi connectivity index (χ1) is 10.8. The molecule has 23 heavy (non-hydrogen) atoms. The molecule has 0 radical (unpaired) electrons. The lowest BCUT2D eigenvalue weighted by Gasteiger charge is -2.30. The van der Waals surface area contributed by atoms with E-state index in [2.05, 4.69) is 17.3 Å². The van der Waals surface area contributed by atoms with Crippen molar-refractivity contribution in [1.29, 1.82) is 0 Å². The summed E-state index contributed by atoms with van der Waals surface area (Å²) in [5, 5.41) is 4.40. The van der Waals surface area contributed by atoms with Crippen LogP contribution in [-0.2, 0) is 6.54 Å². The molecule has 1 aromatic carbocycles. The van der Waals surface area contributed by atoms with Crippen LogP contribution in [0, 0.1) is 6.92 Å². The summed E-state index contributed by atoms with van der Waals surface area (Å²) < 4.78 is 39.7. The van der Waals surface area contributed by atoms with Gasteiger partial charge in [0.05, 0.1) is 5.52 Å². The first-order valence-electron chi connectivity index (χ1n) is 7.94. The standard InChI is InChI=1S/C17H22F3N3/c1-12-10-14-15(21-13-6-8-22(2)9-7-13)4-3-5-16(14)23(12)11-17(18,19)20/h3-5,10,13,21H,6-9,11H2,1-2H3. The summed E-state index contributed by atoms with van der Waals surface area (Å²) in [6, 6.07) is 7.76. The molecule has 0 unspecified atom stereocenters. The van der Waals surface area contributed by atoms with Crippen molar-refractivity contribution in [3.63, 3.8) is 0 Å². The molecule has 1 aliphatic rings. The maximum Gasteiger partial charge on any atom is 0.406 e. The second-order valence-corrected chi connectivity index (χ2v) is 6.45. The van der Waals surface area contributed by atoms with E-state index >= 15 is 0 Å². The number of piperidine rings is 1. The van der Waals surface area contributed by atoms with Gasteiger partial charge in [-0.15, -0.1) is 0 Å². The van der Waals surface area contributed by atoms with E-state index in [1.807, 2.05) is 18.2 Å². The fourth-order valence-corrected chi connectivity index (χ4v) is 3.30. The molecule has 2 aromatic rings. The summed E-state index contributed by atoms with van der Waals surface area (Å²) >= 11 is 0. The van der Waals surface area contributed by atoms with E-state index in [1.165, 1.54) is 4.57 Å². The van der Waals surface area contributed by atoms with Crippen LogP contribution in [-0.4, -0.2) is 41.8 Å². The number of benzene rings is 1. The van der Waals surface area contributed by atoms with Gasteiger partial charge in [0, 0.05) is 22.8 Å². The molecule has 3 rings (SSSR count). The molecule has 1 N–H and O–H groups in total. The van der Waals surface area contributed by atoms with Crippen molar-refractivity contribution >= 4 is 16.6 Å². The summed E-state index contributed by atoms with van der Waals surface area (Å²) in [5.74, 6) is 0. The van der Waals surface area contributed by atoms with Crippen LogP contribution in [0.15, 0.2) is 24.3 Å². The molecule has 0 bridgehead atoms. The summed E-state index contributed by atoms with van der Waals surface area (Å²) in [6.07, 6.45) is -2.11. The average Bonchev–Trinajstić information content (AvgIpc) is 2.77. The van der Waals surface area contributed by atoms with Gasteiger partial charge in [-0.05, 0) is 58.1 Å². The predicted molar refractivity (Wildman–Crippen MR) is 86.9 cm³/mol. The molecule has 0 amide bonds. The number of nitrogens with one attached hydrogen (secondary N) is 1. The highest BCUT2D eigenvalue weighted by Crippen LogP contribution is 2.31. The fourth-order valence-electron chi connectivity index (χ4n) is 3.30. The van der Waals surface area contributed by atoms with E-state index in [1.54, 1.807) is 13.0 Å². The minimum atomic E-state index is -4.21. The molecule has 3 nitrogen and oxygen atoms in total.